The molecule has 3 rings (SSSR count). The minimum atomic E-state index is -0.232. The zero-order valence-electron chi connectivity index (χ0n) is 17.5. The Kier molecular flexibility index (Phi) is 6.90. The van der Waals surface area contributed by atoms with Gasteiger partial charge in [-0.3, -0.25) is 9.48 Å². The van der Waals surface area contributed by atoms with Crippen LogP contribution in [0.1, 0.15) is 42.8 Å². The van der Waals surface area contributed by atoms with Gasteiger partial charge in [0.1, 0.15) is 0 Å². The molecule has 7 heteroatoms. The molecule has 1 aromatic carbocycles. The van der Waals surface area contributed by atoms with E-state index >= 15 is 0 Å². The number of carbonyl (C=O) groups excluding carboxylic acids is 2. The lowest BCUT2D eigenvalue weighted by atomic mass is 10.1. The Hall–Kier alpha value is -2.83. The summed E-state index contributed by atoms with van der Waals surface area (Å²) in [5.74, 6) is 0.403. The molecule has 0 spiro atoms. The molecule has 0 bridgehead atoms. The maximum Gasteiger partial charge on any atom is 0.315 e. The zero-order valence-corrected chi connectivity index (χ0v) is 17.5. The first-order chi connectivity index (χ1) is 13.9. The van der Waals surface area contributed by atoms with Gasteiger partial charge >= 0.3 is 6.03 Å². The molecule has 2 heterocycles. The van der Waals surface area contributed by atoms with Crippen molar-refractivity contribution in [2.45, 2.75) is 46.2 Å². The Labute approximate surface area is 172 Å². The third-order valence-corrected chi connectivity index (χ3v) is 5.28. The molecule has 1 aromatic heterocycles. The van der Waals surface area contributed by atoms with Crippen LogP contribution in [-0.4, -0.2) is 46.3 Å². The van der Waals surface area contributed by atoms with Crippen LogP contribution in [0.3, 0.4) is 0 Å². The van der Waals surface area contributed by atoms with Crippen LogP contribution < -0.4 is 10.6 Å². The van der Waals surface area contributed by atoms with Gasteiger partial charge in [-0.1, -0.05) is 37.3 Å². The highest BCUT2D eigenvalue weighted by atomic mass is 16.2. The van der Waals surface area contributed by atoms with Gasteiger partial charge in [0.2, 0.25) is 5.91 Å². The van der Waals surface area contributed by atoms with Gasteiger partial charge in [-0.2, -0.15) is 5.10 Å². The molecule has 0 saturated carbocycles. The lowest BCUT2D eigenvalue weighted by Gasteiger charge is -2.25. The molecule has 1 aliphatic heterocycles. The smallest absolute Gasteiger partial charge is 0.315 e. The molecule has 2 N–H and O–H groups in total. The number of urea groups is 1. The molecular formula is C22H31N5O2. The van der Waals surface area contributed by atoms with Crippen LogP contribution in [0.25, 0.3) is 0 Å². The molecule has 156 valence electrons. The predicted octanol–water partition coefficient (Wildman–Crippen LogP) is 2.80. The number of rotatable bonds is 8. The monoisotopic (exact) mass is 397 g/mol. The van der Waals surface area contributed by atoms with Gasteiger partial charge in [0.25, 0.3) is 0 Å². The van der Waals surface area contributed by atoms with E-state index in [1.165, 1.54) is 0 Å². The lowest BCUT2D eigenvalue weighted by Crippen LogP contribution is -2.44. The van der Waals surface area contributed by atoms with Crippen LogP contribution in [0, 0.1) is 19.8 Å². The van der Waals surface area contributed by atoms with Gasteiger partial charge in [-0.15, -0.1) is 0 Å². The van der Waals surface area contributed by atoms with Gasteiger partial charge < -0.3 is 15.5 Å². The van der Waals surface area contributed by atoms with E-state index in [0.717, 1.165) is 36.5 Å². The first kappa shape index (κ1) is 20.9. The molecule has 2 aromatic rings. The highest BCUT2D eigenvalue weighted by molar-refractivity contribution is 5.78. The highest BCUT2D eigenvalue weighted by Gasteiger charge is 2.25. The zero-order chi connectivity index (χ0) is 20.8. The molecule has 29 heavy (non-hydrogen) atoms. The lowest BCUT2D eigenvalue weighted by molar-refractivity contribution is -0.128. The summed E-state index contributed by atoms with van der Waals surface area (Å²) in [6.07, 6.45) is 1.48. The van der Waals surface area contributed by atoms with Crippen LogP contribution in [0.5, 0.6) is 0 Å². The van der Waals surface area contributed by atoms with Gasteiger partial charge in [-0.25, -0.2) is 4.79 Å². The molecule has 1 saturated heterocycles. The molecular weight excluding hydrogens is 366 g/mol. The van der Waals surface area contributed by atoms with Crippen molar-refractivity contribution in [3.05, 3.63) is 53.3 Å². The van der Waals surface area contributed by atoms with Crippen LogP contribution in [-0.2, 0) is 11.3 Å². The fourth-order valence-corrected chi connectivity index (χ4v) is 3.73. The SMILES string of the molecule is Cc1cc(C)n(CC(C)CNC(=O)NC(CN2CCCC2=O)c2ccccc2)n1. The summed E-state index contributed by atoms with van der Waals surface area (Å²) < 4.78 is 1.98. The standard InChI is InChI=1S/C22H31N5O2/c1-16(14-27-18(3)12-17(2)25-27)13-23-22(29)24-20(19-8-5-4-6-9-19)15-26-11-7-10-21(26)28/h4-6,8-9,12,16,20H,7,10-11,13-15H2,1-3H3,(H2,23,24,29). The van der Waals surface area contributed by atoms with Crippen LogP contribution in [0.15, 0.2) is 36.4 Å². The molecule has 1 fully saturated rings. The number of aromatic nitrogens is 2. The van der Waals surface area contributed by atoms with E-state index in [1.54, 1.807) is 0 Å². The molecule has 1 aliphatic rings. The van der Waals surface area contributed by atoms with Crippen LogP contribution in [0.2, 0.25) is 0 Å². The molecule has 0 radical (unpaired) electrons. The number of benzene rings is 1. The van der Waals surface area contributed by atoms with Gasteiger partial charge in [0, 0.05) is 38.3 Å². The number of nitrogens with zero attached hydrogens (tertiary/aromatic N) is 3. The van der Waals surface area contributed by atoms with Crippen molar-refractivity contribution in [1.29, 1.82) is 0 Å². The highest BCUT2D eigenvalue weighted by Crippen LogP contribution is 2.18. The number of hydrogen-bond donors (Lipinski definition) is 2. The quantitative estimate of drug-likeness (QED) is 0.719. The van der Waals surface area contributed by atoms with Crippen molar-refractivity contribution < 1.29 is 9.59 Å². The molecule has 2 unspecified atom stereocenters. The number of nitrogens with one attached hydrogen (secondary N) is 2. The largest absolute Gasteiger partial charge is 0.340 e. The third-order valence-electron chi connectivity index (χ3n) is 5.28. The first-order valence-corrected chi connectivity index (χ1v) is 10.3. The minimum absolute atomic E-state index is 0.159. The van der Waals surface area contributed by atoms with E-state index < -0.39 is 0 Å². The van der Waals surface area contributed by atoms with Crippen molar-refractivity contribution >= 4 is 11.9 Å². The summed E-state index contributed by atoms with van der Waals surface area (Å²) in [6, 6.07) is 11.4. The Morgan fingerprint density at radius 2 is 1.97 bits per heavy atom. The average molecular weight is 398 g/mol. The summed E-state index contributed by atoms with van der Waals surface area (Å²) >= 11 is 0. The van der Waals surface area contributed by atoms with E-state index in [4.69, 9.17) is 0 Å². The van der Waals surface area contributed by atoms with Crippen molar-refractivity contribution in [2.24, 2.45) is 5.92 Å². The average Bonchev–Trinajstić information content (AvgIpc) is 3.24. The summed E-state index contributed by atoms with van der Waals surface area (Å²) in [5, 5.41) is 10.5. The Morgan fingerprint density at radius 1 is 1.21 bits per heavy atom. The van der Waals surface area contributed by atoms with Gasteiger partial charge in [-0.05, 0) is 37.8 Å². The summed E-state index contributed by atoms with van der Waals surface area (Å²) in [7, 11) is 0. The first-order valence-electron chi connectivity index (χ1n) is 10.3. The topological polar surface area (TPSA) is 79.3 Å². The summed E-state index contributed by atoms with van der Waals surface area (Å²) in [4.78, 5) is 26.4. The summed E-state index contributed by atoms with van der Waals surface area (Å²) in [6.45, 7) is 8.67. The van der Waals surface area contributed by atoms with Crippen molar-refractivity contribution in [3.63, 3.8) is 0 Å². The second-order valence-corrected chi connectivity index (χ2v) is 7.98. The van der Waals surface area contributed by atoms with Crippen molar-refractivity contribution in [1.82, 2.24) is 25.3 Å². The van der Waals surface area contributed by atoms with Crippen LogP contribution in [0.4, 0.5) is 4.79 Å². The third kappa shape index (κ3) is 5.82. The molecule has 3 amide bonds. The normalized spacial score (nSPS) is 16.0. The number of hydrogen-bond acceptors (Lipinski definition) is 3. The van der Waals surface area contributed by atoms with E-state index in [0.29, 0.717) is 19.5 Å². The number of carbonyl (C=O) groups is 2. The van der Waals surface area contributed by atoms with E-state index in [2.05, 4.69) is 28.7 Å². The minimum Gasteiger partial charge on any atom is -0.340 e. The van der Waals surface area contributed by atoms with E-state index in [-0.39, 0.29) is 23.9 Å². The maximum absolute atomic E-state index is 12.6. The second-order valence-electron chi connectivity index (χ2n) is 7.98. The Balaban J connectivity index is 1.55. The van der Waals surface area contributed by atoms with Gasteiger partial charge in [0.05, 0.1) is 11.7 Å². The van der Waals surface area contributed by atoms with Crippen molar-refractivity contribution in [3.8, 4) is 0 Å². The Bertz CT molecular complexity index is 833. The van der Waals surface area contributed by atoms with E-state index in [9.17, 15) is 9.59 Å². The summed E-state index contributed by atoms with van der Waals surface area (Å²) in [5.41, 5.74) is 3.12. The maximum atomic E-state index is 12.6. The number of aryl methyl sites for hydroxylation is 2. The van der Waals surface area contributed by atoms with Gasteiger partial charge in [0.15, 0.2) is 0 Å². The van der Waals surface area contributed by atoms with Crippen LogP contribution >= 0.6 is 0 Å². The molecule has 0 aliphatic carbocycles. The molecule has 7 nitrogen and oxygen atoms in total. The predicted molar refractivity (Wildman–Crippen MR) is 112 cm³/mol. The van der Waals surface area contributed by atoms with E-state index in [1.807, 2.05) is 53.8 Å². The fourth-order valence-electron chi connectivity index (χ4n) is 3.73. The number of likely N-dealkylation sites (tertiary alicyclic amines) is 1. The number of amides is 3. The Morgan fingerprint density at radius 3 is 2.59 bits per heavy atom. The fraction of sp³-hybridized carbons (Fsp3) is 0.500. The molecule has 2 atom stereocenters. The van der Waals surface area contributed by atoms with Crippen molar-refractivity contribution in [2.75, 3.05) is 19.6 Å². The second kappa shape index (κ2) is 9.58.